The largest absolute Gasteiger partial charge is 0.370 e. The smallest absolute Gasteiger partial charge is 0.137 e. The van der Waals surface area contributed by atoms with Crippen molar-refractivity contribution in [2.75, 3.05) is 42.9 Å². The van der Waals surface area contributed by atoms with E-state index in [9.17, 15) is 0 Å². The zero-order chi connectivity index (χ0) is 12.8. The molecule has 100 valence electrons. The van der Waals surface area contributed by atoms with Gasteiger partial charge in [0.2, 0.25) is 0 Å². The summed E-state index contributed by atoms with van der Waals surface area (Å²) in [5.74, 6) is 2.11. The molecule has 0 radical (unpaired) electrons. The molecule has 1 aliphatic heterocycles. The van der Waals surface area contributed by atoms with Crippen molar-refractivity contribution in [2.24, 2.45) is 0 Å². The van der Waals surface area contributed by atoms with E-state index < -0.39 is 0 Å². The van der Waals surface area contributed by atoms with Crippen LogP contribution in [0.4, 0.5) is 11.6 Å². The first-order valence-electron chi connectivity index (χ1n) is 6.90. The van der Waals surface area contributed by atoms with Crippen LogP contribution < -0.4 is 15.5 Å². The molecule has 5 nitrogen and oxygen atoms in total. The van der Waals surface area contributed by atoms with Gasteiger partial charge in [0.1, 0.15) is 18.0 Å². The van der Waals surface area contributed by atoms with E-state index in [1.165, 1.54) is 5.56 Å². The molecule has 5 heteroatoms. The molecule has 0 atom stereocenters. The Balaban J connectivity index is 2.22. The maximum absolute atomic E-state index is 4.49. The van der Waals surface area contributed by atoms with Crippen LogP contribution in [0, 0.1) is 0 Å². The predicted molar refractivity (Wildman–Crippen MR) is 75.3 cm³/mol. The molecular weight excluding hydrogens is 226 g/mol. The maximum Gasteiger partial charge on any atom is 0.137 e. The van der Waals surface area contributed by atoms with Crippen molar-refractivity contribution in [1.82, 2.24) is 15.3 Å². The Morgan fingerprint density at radius 2 is 2.06 bits per heavy atom. The highest BCUT2D eigenvalue weighted by Crippen LogP contribution is 2.24. The highest BCUT2D eigenvalue weighted by atomic mass is 15.2. The van der Waals surface area contributed by atoms with E-state index in [2.05, 4.69) is 39.3 Å². The molecule has 2 N–H and O–H groups in total. The molecule has 0 aliphatic carbocycles. The Bertz CT molecular complexity index is 374. The minimum Gasteiger partial charge on any atom is -0.370 e. The average molecular weight is 249 g/mol. The van der Waals surface area contributed by atoms with E-state index in [1.54, 1.807) is 6.33 Å². The molecule has 1 aromatic heterocycles. The quantitative estimate of drug-likeness (QED) is 0.823. The number of anilines is 2. The fraction of sp³-hybridized carbons (Fsp3) is 0.692. The summed E-state index contributed by atoms with van der Waals surface area (Å²) in [6.07, 6.45) is 3.75. The summed E-state index contributed by atoms with van der Waals surface area (Å²) in [5, 5.41) is 6.77. The topological polar surface area (TPSA) is 53.1 Å². The third-order valence-electron chi connectivity index (χ3n) is 3.24. The van der Waals surface area contributed by atoms with Crippen molar-refractivity contribution in [2.45, 2.75) is 26.7 Å². The molecular formula is C13H23N5. The Morgan fingerprint density at radius 3 is 2.72 bits per heavy atom. The van der Waals surface area contributed by atoms with Gasteiger partial charge in [-0.15, -0.1) is 0 Å². The van der Waals surface area contributed by atoms with Crippen molar-refractivity contribution < 1.29 is 0 Å². The van der Waals surface area contributed by atoms with Gasteiger partial charge in [-0.3, -0.25) is 0 Å². The molecule has 2 rings (SSSR count). The van der Waals surface area contributed by atoms with Crippen molar-refractivity contribution in [3.8, 4) is 0 Å². The van der Waals surface area contributed by atoms with Gasteiger partial charge in [0, 0.05) is 38.3 Å². The van der Waals surface area contributed by atoms with Gasteiger partial charge in [0.25, 0.3) is 0 Å². The fourth-order valence-corrected chi connectivity index (χ4v) is 2.27. The summed E-state index contributed by atoms with van der Waals surface area (Å²) in [6.45, 7) is 9.41. The van der Waals surface area contributed by atoms with Crippen molar-refractivity contribution in [1.29, 1.82) is 0 Å². The number of nitrogens with one attached hydrogen (secondary N) is 2. The van der Waals surface area contributed by atoms with Crippen LogP contribution >= 0.6 is 0 Å². The highest BCUT2D eigenvalue weighted by Gasteiger charge is 2.17. The van der Waals surface area contributed by atoms with E-state index in [0.29, 0.717) is 0 Å². The molecule has 1 saturated heterocycles. The first kappa shape index (κ1) is 13.1. The number of hydrogen-bond donors (Lipinski definition) is 2. The molecule has 0 saturated carbocycles. The van der Waals surface area contributed by atoms with Gasteiger partial charge in [-0.1, -0.05) is 13.8 Å². The minimum absolute atomic E-state index is 0.963. The number of nitrogens with zero attached hydrogens (tertiary/aromatic N) is 3. The van der Waals surface area contributed by atoms with Crippen LogP contribution in [0.5, 0.6) is 0 Å². The van der Waals surface area contributed by atoms with E-state index in [4.69, 9.17) is 0 Å². The molecule has 1 fully saturated rings. The summed E-state index contributed by atoms with van der Waals surface area (Å²) in [6, 6.07) is 0. The van der Waals surface area contributed by atoms with E-state index in [1.807, 2.05) is 0 Å². The number of hydrogen-bond acceptors (Lipinski definition) is 5. The molecule has 1 aliphatic rings. The van der Waals surface area contributed by atoms with E-state index in [0.717, 1.165) is 57.2 Å². The molecule has 0 aromatic carbocycles. The van der Waals surface area contributed by atoms with Crippen molar-refractivity contribution in [3.05, 3.63) is 11.9 Å². The third-order valence-corrected chi connectivity index (χ3v) is 3.24. The number of rotatable bonds is 5. The van der Waals surface area contributed by atoms with Crippen LogP contribution in [0.3, 0.4) is 0 Å². The van der Waals surface area contributed by atoms with Gasteiger partial charge >= 0.3 is 0 Å². The summed E-state index contributed by atoms with van der Waals surface area (Å²) < 4.78 is 0. The Hall–Kier alpha value is -1.36. The second-order valence-electron chi connectivity index (χ2n) is 4.54. The van der Waals surface area contributed by atoms with Crippen LogP contribution in [-0.2, 0) is 6.42 Å². The maximum atomic E-state index is 4.49. The summed E-state index contributed by atoms with van der Waals surface area (Å²) >= 11 is 0. The monoisotopic (exact) mass is 249 g/mol. The highest BCUT2D eigenvalue weighted by molar-refractivity contribution is 5.59. The van der Waals surface area contributed by atoms with Crippen LogP contribution in [0.1, 0.15) is 25.8 Å². The second-order valence-corrected chi connectivity index (χ2v) is 4.54. The van der Waals surface area contributed by atoms with Crippen LogP contribution in [0.15, 0.2) is 6.33 Å². The van der Waals surface area contributed by atoms with Gasteiger partial charge < -0.3 is 15.5 Å². The first-order chi connectivity index (χ1) is 8.86. The van der Waals surface area contributed by atoms with E-state index >= 15 is 0 Å². The van der Waals surface area contributed by atoms with Gasteiger partial charge in [0.15, 0.2) is 0 Å². The molecule has 18 heavy (non-hydrogen) atoms. The molecule has 0 unspecified atom stereocenters. The molecule has 0 bridgehead atoms. The van der Waals surface area contributed by atoms with Gasteiger partial charge in [0.05, 0.1) is 0 Å². The lowest BCUT2D eigenvalue weighted by atomic mass is 10.2. The predicted octanol–water partition coefficient (Wildman–Crippen LogP) is 1.27. The summed E-state index contributed by atoms with van der Waals surface area (Å²) in [5.41, 5.74) is 1.24. The van der Waals surface area contributed by atoms with Gasteiger partial charge in [-0.25, -0.2) is 9.97 Å². The number of aromatic nitrogens is 2. The van der Waals surface area contributed by atoms with Gasteiger partial charge in [-0.2, -0.15) is 0 Å². The molecule has 0 amide bonds. The van der Waals surface area contributed by atoms with Crippen LogP contribution in [0.2, 0.25) is 0 Å². The molecule has 0 spiro atoms. The van der Waals surface area contributed by atoms with Crippen LogP contribution in [-0.4, -0.2) is 42.7 Å². The zero-order valence-electron chi connectivity index (χ0n) is 11.4. The Morgan fingerprint density at radius 1 is 1.28 bits per heavy atom. The third kappa shape index (κ3) is 2.90. The summed E-state index contributed by atoms with van der Waals surface area (Å²) in [4.78, 5) is 11.2. The lowest BCUT2D eigenvalue weighted by molar-refractivity contribution is 0.583. The first-order valence-corrected chi connectivity index (χ1v) is 6.90. The molecule has 2 heterocycles. The lowest BCUT2D eigenvalue weighted by Crippen LogP contribution is -2.44. The number of piperazine rings is 1. The molecule has 1 aromatic rings. The second kappa shape index (κ2) is 6.54. The van der Waals surface area contributed by atoms with Crippen molar-refractivity contribution >= 4 is 11.6 Å². The van der Waals surface area contributed by atoms with Crippen molar-refractivity contribution in [3.63, 3.8) is 0 Å². The van der Waals surface area contributed by atoms with Gasteiger partial charge in [-0.05, 0) is 12.8 Å². The zero-order valence-corrected chi connectivity index (χ0v) is 11.4. The lowest BCUT2D eigenvalue weighted by Gasteiger charge is -2.30. The fourth-order valence-electron chi connectivity index (χ4n) is 2.27. The van der Waals surface area contributed by atoms with E-state index in [-0.39, 0.29) is 0 Å². The average Bonchev–Trinajstić information content (AvgIpc) is 2.45. The summed E-state index contributed by atoms with van der Waals surface area (Å²) in [7, 11) is 0. The SMILES string of the molecule is CCCNc1ncnc(N2CCNCC2)c1CC. The minimum atomic E-state index is 0.963. The van der Waals surface area contributed by atoms with Crippen LogP contribution in [0.25, 0.3) is 0 Å². The Kier molecular flexibility index (Phi) is 4.75. The standard InChI is InChI=1S/C13H23N5/c1-3-5-15-12-11(4-2)13(17-10-16-12)18-8-6-14-7-9-18/h10,14H,3-9H2,1-2H3,(H,15,16,17). The normalized spacial score (nSPS) is 15.8. The Labute approximate surface area is 109 Å².